The van der Waals surface area contributed by atoms with Crippen LogP contribution in [-0.2, 0) is 19.0 Å². The first kappa shape index (κ1) is 12.6. The van der Waals surface area contributed by atoms with Crippen LogP contribution in [0.4, 0.5) is 0 Å². The van der Waals surface area contributed by atoms with E-state index in [-0.39, 0.29) is 0 Å². The quantitative estimate of drug-likeness (QED) is 0.881. The van der Waals surface area contributed by atoms with Crippen molar-refractivity contribution < 1.29 is 4.74 Å². The van der Waals surface area contributed by atoms with Crippen molar-refractivity contribution in [2.24, 2.45) is 12.8 Å². The van der Waals surface area contributed by atoms with E-state index < -0.39 is 5.54 Å². The molecule has 5 heteroatoms. The highest BCUT2D eigenvalue weighted by atomic mass is 16.5. The summed E-state index contributed by atoms with van der Waals surface area (Å²) in [6.07, 6.45) is 2.16. The minimum atomic E-state index is -0.505. The van der Waals surface area contributed by atoms with Crippen molar-refractivity contribution in [3.8, 4) is 5.75 Å². The van der Waals surface area contributed by atoms with Crippen LogP contribution in [0.15, 0.2) is 30.6 Å². The average molecular weight is 246 g/mol. The van der Waals surface area contributed by atoms with Crippen LogP contribution in [0, 0.1) is 0 Å². The summed E-state index contributed by atoms with van der Waals surface area (Å²) >= 11 is 0. The molecule has 1 unspecified atom stereocenters. The van der Waals surface area contributed by atoms with Crippen molar-refractivity contribution in [2.45, 2.75) is 18.9 Å². The molecule has 0 saturated carbocycles. The van der Waals surface area contributed by atoms with Gasteiger partial charge in [-0.25, -0.2) is 4.98 Å². The van der Waals surface area contributed by atoms with Crippen molar-refractivity contribution in [3.05, 3.63) is 42.0 Å². The van der Waals surface area contributed by atoms with Gasteiger partial charge in [-0.05, 0) is 24.6 Å². The van der Waals surface area contributed by atoms with Crippen LogP contribution in [-0.4, -0.2) is 21.9 Å². The molecule has 5 nitrogen and oxygen atoms in total. The standard InChI is InChI=1S/C13H18N4O/c1-13(14,8-12-15-9-16-17(12)2)10-5-4-6-11(7-10)18-3/h4-7,9H,8,14H2,1-3H3. The smallest absolute Gasteiger partial charge is 0.138 e. The maximum Gasteiger partial charge on any atom is 0.138 e. The van der Waals surface area contributed by atoms with E-state index in [2.05, 4.69) is 10.1 Å². The number of aromatic nitrogens is 3. The molecule has 0 fully saturated rings. The minimum Gasteiger partial charge on any atom is -0.497 e. The Bertz CT molecular complexity index is 533. The normalized spacial score (nSPS) is 14.2. The second kappa shape index (κ2) is 4.78. The molecule has 1 atom stereocenters. The van der Waals surface area contributed by atoms with Crippen LogP contribution >= 0.6 is 0 Å². The third kappa shape index (κ3) is 2.51. The van der Waals surface area contributed by atoms with Crippen LogP contribution in [0.1, 0.15) is 18.3 Å². The number of hydrogen-bond donors (Lipinski definition) is 1. The van der Waals surface area contributed by atoms with Gasteiger partial charge < -0.3 is 10.5 Å². The van der Waals surface area contributed by atoms with Gasteiger partial charge in [-0.3, -0.25) is 4.68 Å². The highest BCUT2D eigenvalue weighted by molar-refractivity contribution is 5.33. The lowest BCUT2D eigenvalue weighted by Crippen LogP contribution is -2.36. The first-order valence-corrected chi connectivity index (χ1v) is 5.79. The summed E-state index contributed by atoms with van der Waals surface area (Å²) < 4.78 is 6.96. The molecule has 1 heterocycles. The molecule has 18 heavy (non-hydrogen) atoms. The maximum absolute atomic E-state index is 6.39. The Morgan fingerprint density at radius 2 is 2.22 bits per heavy atom. The van der Waals surface area contributed by atoms with Crippen LogP contribution in [0.25, 0.3) is 0 Å². The molecule has 2 rings (SSSR count). The highest BCUT2D eigenvalue weighted by Gasteiger charge is 2.24. The minimum absolute atomic E-state index is 0.505. The fourth-order valence-corrected chi connectivity index (χ4v) is 1.89. The Morgan fingerprint density at radius 1 is 1.44 bits per heavy atom. The number of methoxy groups -OCH3 is 1. The first-order valence-electron chi connectivity index (χ1n) is 5.79. The second-order valence-electron chi connectivity index (χ2n) is 4.63. The third-order valence-corrected chi connectivity index (χ3v) is 3.06. The number of nitrogens with two attached hydrogens (primary N) is 1. The van der Waals surface area contributed by atoms with Gasteiger partial charge in [-0.1, -0.05) is 12.1 Å². The Kier molecular flexibility index (Phi) is 3.34. The average Bonchev–Trinajstić information content (AvgIpc) is 2.74. The van der Waals surface area contributed by atoms with Crippen molar-refractivity contribution in [1.82, 2.24) is 14.8 Å². The summed E-state index contributed by atoms with van der Waals surface area (Å²) in [7, 11) is 3.51. The summed E-state index contributed by atoms with van der Waals surface area (Å²) in [4.78, 5) is 4.21. The molecule has 0 aliphatic rings. The summed E-state index contributed by atoms with van der Waals surface area (Å²) in [5.74, 6) is 1.67. The van der Waals surface area contributed by atoms with Gasteiger partial charge in [-0.15, -0.1) is 0 Å². The van der Waals surface area contributed by atoms with E-state index in [1.165, 1.54) is 6.33 Å². The van der Waals surface area contributed by atoms with Crippen LogP contribution in [0.5, 0.6) is 5.75 Å². The lowest BCUT2D eigenvalue weighted by atomic mass is 9.89. The monoisotopic (exact) mass is 246 g/mol. The summed E-state index contributed by atoms with van der Waals surface area (Å²) in [5, 5.41) is 4.05. The largest absolute Gasteiger partial charge is 0.497 e. The predicted molar refractivity (Wildman–Crippen MR) is 69.2 cm³/mol. The van der Waals surface area contributed by atoms with Gasteiger partial charge in [0.15, 0.2) is 0 Å². The van der Waals surface area contributed by atoms with Crippen molar-refractivity contribution in [2.75, 3.05) is 7.11 Å². The van der Waals surface area contributed by atoms with Crippen molar-refractivity contribution in [1.29, 1.82) is 0 Å². The Balaban J connectivity index is 2.27. The van der Waals surface area contributed by atoms with Crippen molar-refractivity contribution >= 4 is 0 Å². The maximum atomic E-state index is 6.39. The zero-order chi connectivity index (χ0) is 13.2. The van der Waals surface area contributed by atoms with Crippen molar-refractivity contribution in [3.63, 3.8) is 0 Å². The number of nitrogens with zero attached hydrogens (tertiary/aromatic N) is 3. The molecule has 0 amide bonds. The van der Waals surface area contributed by atoms with E-state index in [9.17, 15) is 0 Å². The lowest BCUT2D eigenvalue weighted by molar-refractivity contribution is 0.409. The molecule has 0 spiro atoms. The van der Waals surface area contributed by atoms with E-state index in [0.717, 1.165) is 17.1 Å². The Labute approximate surface area is 107 Å². The summed E-state index contributed by atoms with van der Waals surface area (Å²) in [5.41, 5.74) is 6.90. The zero-order valence-electron chi connectivity index (χ0n) is 10.9. The Hall–Kier alpha value is -1.88. The van der Waals surface area contributed by atoms with E-state index in [1.54, 1.807) is 11.8 Å². The van der Waals surface area contributed by atoms with E-state index >= 15 is 0 Å². The molecular weight excluding hydrogens is 228 g/mol. The molecule has 1 aromatic carbocycles. The highest BCUT2D eigenvalue weighted by Crippen LogP contribution is 2.25. The molecule has 2 N–H and O–H groups in total. The molecule has 0 saturated heterocycles. The van der Waals surface area contributed by atoms with Gasteiger partial charge in [0.2, 0.25) is 0 Å². The Morgan fingerprint density at radius 3 is 2.83 bits per heavy atom. The number of benzene rings is 1. The van der Waals surface area contributed by atoms with Crippen LogP contribution < -0.4 is 10.5 Å². The summed E-state index contributed by atoms with van der Waals surface area (Å²) in [6, 6.07) is 7.80. The molecule has 1 aromatic heterocycles. The van der Waals surface area contributed by atoms with E-state index in [1.807, 2.05) is 38.2 Å². The molecule has 2 aromatic rings. The molecular formula is C13H18N4O. The van der Waals surface area contributed by atoms with E-state index in [4.69, 9.17) is 10.5 Å². The SMILES string of the molecule is COc1cccc(C(C)(N)Cc2ncnn2C)c1. The molecule has 0 radical (unpaired) electrons. The number of hydrogen-bond acceptors (Lipinski definition) is 4. The van der Waals surface area contributed by atoms with Gasteiger partial charge in [0, 0.05) is 19.0 Å². The van der Waals surface area contributed by atoms with Gasteiger partial charge in [0.05, 0.1) is 7.11 Å². The fourth-order valence-electron chi connectivity index (χ4n) is 1.89. The number of rotatable bonds is 4. The van der Waals surface area contributed by atoms with Gasteiger partial charge >= 0.3 is 0 Å². The third-order valence-electron chi connectivity index (χ3n) is 3.06. The van der Waals surface area contributed by atoms with Crippen LogP contribution in [0.3, 0.4) is 0 Å². The first-order chi connectivity index (χ1) is 8.53. The predicted octanol–water partition coefficient (Wildman–Crippen LogP) is 1.24. The number of ether oxygens (including phenoxy) is 1. The fraction of sp³-hybridized carbons (Fsp3) is 0.385. The lowest BCUT2D eigenvalue weighted by Gasteiger charge is -2.25. The van der Waals surface area contributed by atoms with Gasteiger partial charge in [0.1, 0.15) is 17.9 Å². The van der Waals surface area contributed by atoms with Gasteiger partial charge in [0.25, 0.3) is 0 Å². The van der Waals surface area contributed by atoms with E-state index in [0.29, 0.717) is 6.42 Å². The molecule has 96 valence electrons. The second-order valence-corrected chi connectivity index (χ2v) is 4.63. The van der Waals surface area contributed by atoms with Gasteiger partial charge in [-0.2, -0.15) is 5.10 Å². The number of aryl methyl sites for hydroxylation is 1. The zero-order valence-corrected chi connectivity index (χ0v) is 10.9. The molecule has 0 aliphatic heterocycles. The topological polar surface area (TPSA) is 66.0 Å². The molecule has 0 aliphatic carbocycles. The van der Waals surface area contributed by atoms with Crippen LogP contribution in [0.2, 0.25) is 0 Å². The molecule has 0 bridgehead atoms. The summed E-state index contributed by atoms with van der Waals surface area (Å²) in [6.45, 7) is 1.98.